The standard InChI is InChI=1S/C24H22N6O2S2/c1-14-10-17-18(11-15(14)2)26-23(25-17)34-13-20-28-22(32-30-20)9-8-21(31)29-24-27-19(12-33-24)16-6-4-3-5-7-16/h3-7,10-12H,8-9,13H2,1-2H3,(H,25,26)(H,27,29,31). The molecule has 3 heterocycles. The predicted octanol–water partition coefficient (Wildman–Crippen LogP) is 5.55. The summed E-state index contributed by atoms with van der Waals surface area (Å²) in [6.07, 6.45) is 0.598. The summed E-state index contributed by atoms with van der Waals surface area (Å²) in [5.74, 6) is 1.39. The molecule has 3 aromatic heterocycles. The molecule has 0 bridgehead atoms. The van der Waals surface area contributed by atoms with Crippen LogP contribution in [-0.2, 0) is 17.0 Å². The lowest BCUT2D eigenvalue weighted by molar-refractivity contribution is -0.116. The Balaban J connectivity index is 1.11. The number of nitrogens with zero attached hydrogens (tertiary/aromatic N) is 4. The summed E-state index contributed by atoms with van der Waals surface area (Å²) in [4.78, 5) is 29.2. The van der Waals surface area contributed by atoms with Gasteiger partial charge in [-0.15, -0.1) is 11.3 Å². The molecule has 172 valence electrons. The maximum Gasteiger partial charge on any atom is 0.227 e. The van der Waals surface area contributed by atoms with Crippen LogP contribution in [0.4, 0.5) is 5.13 Å². The van der Waals surface area contributed by atoms with Gasteiger partial charge in [0.05, 0.1) is 22.5 Å². The molecular weight excluding hydrogens is 468 g/mol. The van der Waals surface area contributed by atoms with Gasteiger partial charge in [0, 0.05) is 23.8 Å². The number of thioether (sulfide) groups is 1. The molecule has 2 N–H and O–H groups in total. The van der Waals surface area contributed by atoms with Crippen molar-refractivity contribution in [3.8, 4) is 11.3 Å². The number of aromatic nitrogens is 5. The van der Waals surface area contributed by atoms with Gasteiger partial charge in [-0.25, -0.2) is 9.97 Å². The van der Waals surface area contributed by atoms with Crippen LogP contribution in [0.25, 0.3) is 22.3 Å². The van der Waals surface area contributed by atoms with Gasteiger partial charge in [-0.2, -0.15) is 4.98 Å². The summed E-state index contributed by atoms with van der Waals surface area (Å²) in [6, 6.07) is 14.0. The lowest BCUT2D eigenvalue weighted by atomic mass is 10.1. The normalized spacial score (nSPS) is 11.2. The van der Waals surface area contributed by atoms with E-state index in [0.717, 1.165) is 27.4 Å². The molecule has 0 fully saturated rings. The van der Waals surface area contributed by atoms with Crippen molar-refractivity contribution >= 4 is 45.2 Å². The van der Waals surface area contributed by atoms with Crippen molar-refractivity contribution in [2.75, 3.05) is 5.32 Å². The quantitative estimate of drug-likeness (QED) is 0.274. The van der Waals surface area contributed by atoms with E-state index in [2.05, 4.69) is 56.4 Å². The molecule has 8 nitrogen and oxygen atoms in total. The number of carbonyl (C=O) groups excluding carboxylic acids is 1. The van der Waals surface area contributed by atoms with Gasteiger partial charge in [-0.05, 0) is 37.1 Å². The number of nitrogens with one attached hydrogen (secondary N) is 2. The second kappa shape index (κ2) is 9.78. The topological polar surface area (TPSA) is 110 Å². The highest BCUT2D eigenvalue weighted by atomic mass is 32.2. The van der Waals surface area contributed by atoms with Crippen LogP contribution in [0, 0.1) is 13.8 Å². The fourth-order valence-electron chi connectivity index (χ4n) is 3.37. The molecule has 0 aliphatic carbocycles. The van der Waals surface area contributed by atoms with E-state index in [1.165, 1.54) is 34.2 Å². The molecule has 34 heavy (non-hydrogen) atoms. The lowest BCUT2D eigenvalue weighted by Gasteiger charge is -1.99. The number of anilines is 1. The number of carbonyl (C=O) groups is 1. The Morgan fingerprint density at radius 1 is 1.12 bits per heavy atom. The monoisotopic (exact) mass is 490 g/mol. The number of thiazole rings is 1. The van der Waals surface area contributed by atoms with Gasteiger partial charge in [0.1, 0.15) is 0 Å². The van der Waals surface area contributed by atoms with E-state index in [1.54, 1.807) is 0 Å². The second-order valence-electron chi connectivity index (χ2n) is 7.84. The summed E-state index contributed by atoms with van der Waals surface area (Å²) in [6.45, 7) is 4.17. The third-order valence-electron chi connectivity index (χ3n) is 5.31. The number of imidazole rings is 1. The smallest absolute Gasteiger partial charge is 0.227 e. The van der Waals surface area contributed by atoms with Gasteiger partial charge >= 0.3 is 0 Å². The number of amides is 1. The first-order chi connectivity index (χ1) is 16.5. The lowest BCUT2D eigenvalue weighted by Crippen LogP contribution is -2.12. The van der Waals surface area contributed by atoms with Crippen molar-refractivity contribution in [3.05, 3.63) is 70.7 Å². The van der Waals surface area contributed by atoms with Crippen molar-refractivity contribution in [2.45, 2.75) is 37.6 Å². The fourth-order valence-corrected chi connectivity index (χ4v) is 4.84. The zero-order chi connectivity index (χ0) is 23.5. The second-order valence-corrected chi connectivity index (χ2v) is 9.66. The van der Waals surface area contributed by atoms with E-state index < -0.39 is 0 Å². The average molecular weight is 491 g/mol. The van der Waals surface area contributed by atoms with E-state index in [4.69, 9.17) is 4.52 Å². The average Bonchev–Trinajstić information content (AvgIpc) is 3.57. The van der Waals surface area contributed by atoms with Crippen LogP contribution in [0.5, 0.6) is 0 Å². The SMILES string of the molecule is Cc1cc2nc(SCc3noc(CCC(=O)Nc4nc(-c5ccccc5)cs4)n3)[nH]c2cc1C. The van der Waals surface area contributed by atoms with E-state index >= 15 is 0 Å². The van der Waals surface area contributed by atoms with Crippen LogP contribution >= 0.6 is 23.1 Å². The molecule has 10 heteroatoms. The van der Waals surface area contributed by atoms with Crippen LogP contribution < -0.4 is 5.32 Å². The molecule has 5 rings (SSSR count). The molecule has 5 aromatic rings. The maximum absolute atomic E-state index is 12.3. The van der Waals surface area contributed by atoms with Crippen LogP contribution in [0.1, 0.15) is 29.3 Å². The first-order valence-corrected chi connectivity index (χ1v) is 12.6. The summed E-state index contributed by atoms with van der Waals surface area (Å²) < 4.78 is 5.31. The number of hydrogen-bond donors (Lipinski definition) is 2. The highest BCUT2D eigenvalue weighted by Gasteiger charge is 2.13. The minimum atomic E-state index is -0.143. The summed E-state index contributed by atoms with van der Waals surface area (Å²) in [5, 5.41) is 10.2. The van der Waals surface area contributed by atoms with Crippen molar-refractivity contribution < 1.29 is 9.32 Å². The Labute approximate surface area is 204 Å². The zero-order valence-corrected chi connectivity index (χ0v) is 20.3. The molecular formula is C24H22N6O2S2. The zero-order valence-electron chi connectivity index (χ0n) is 18.7. The van der Waals surface area contributed by atoms with Crippen molar-refractivity contribution in [1.82, 2.24) is 25.1 Å². The Kier molecular flexibility index (Phi) is 6.41. The third-order valence-corrected chi connectivity index (χ3v) is 6.94. The first-order valence-electron chi connectivity index (χ1n) is 10.8. The Morgan fingerprint density at radius 2 is 1.94 bits per heavy atom. The van der Waals surface area contributed by atoms with Crippen LogP contribution in [-0.4, -0.2) is 31.0 Å². The van der Waals surface area contributed by atoms with E-state index in [9.17, 15) is 4.79 Å². The van der Waals surface area contributed by atoms with E-state index in [1.807, 2.05) is 35.7 Å². The van der Waals surface area contributed by atoms with Crippen molar-refractivity contribution in [1.29, 1.82) is 0 Å². The summed E-state index contributed by atoms with van der Waals surface area (Å²) in [5.41, 5.74) is 6.26. The molecule has 0 spiro atoms. The largest absolute Gasteiger partial charge is 0.339 e. The Bertz CT molecular complexity index is 1400. The molecule has 2 aromatic carbocycles. The summed E-state index contributed by atoms with van der Waals surface area (Å²) in [7, 11) is 0. The highest BCUT2D eigenvalue weighted by molar-refractivity contribution is 7.98. The van der Waals surface area contributed by atoms with Gasteiger partial charge in [0.2, 0.25) is 11.8 Å². The molecule has 1 amide bonds. The van der Waals surface area contributed by atoms with Gasteiger partial charge in [-0.1, -0.05) is 47.3 Å². The number of aryl methyl sites for hydroxylation is 3. The Hall–Kier alpha value is -3.50. The van der Waals surface area contributed by atoms with Crippen LogP contribution in [0.15, 0.2) is 57.5 Å². The van der Waals surface area contributed by atoms with Crippen molar-refractivity contribution in [2.24, 2.45) is 0 Å². The van der Waals surface area contributed by atoms with E-state index in [-0.39, 0.29) is 12.3 Å². The maximum atomic E-state index is 12.3. The number of aromatic amines is 1. The third kappa shape index (κ3) is 5.18. The number of benzene rings is 2. The first kappa shape index (κ1) is 22.3. The van der Waals surface area contributed by atoms with Gasteiger partial charge in [-0.3, -0.25) is 4.79 Å². The number of rotatable bonds is 8. The van der Waals surface area contributed by atoms with Crippen molar-refractivity contribution in [3.63, 3.8) is 0 Å². The number of fused-ring (bicyclic) bond motifs is 1. The van der Waals surface area contributed by atoms with E-state index in [0.29, 0.717) is 29.0 Å². The van der Waals surface area contributed by atoms with Gasteiger partial charge in [0.15, 0.2) is 16.1 Å². The molecule has 0 radical (unpaired) electrons. The van der Waals surface area contributed by atoms with Crippen LogP contribution in [0.3, 0.4) is 0 Å². The predicted molar refractivity (Wildman–Crippen MR) is 134 cm³/mol. The molecule has 0 saturated carbocycles. The fraction of sp³-hybridized carbons (Fsp3) is 0.208. The molecule has 0 atom stereocenters. The number of hydrogen-bond acceptors (Lipinski definition) is 8. The summed E-state index contributed by atoms with van der Waals surface area (Å²) >= 11 is 2.91. The molecule has 0 aliphatic heterocycles. The van der Waals surface area contributed by atoms with Crippen LogP contribution in [0.2, 0.25) is 0 Å². The number of H-pyrrole nitrogens is 1. The molecule has 0 saturated heterocycles. The van der Waals surface area contributed by atoms with Gasteiger partial charge in [0.25, 0.3) is 0 Å². The van der Waals surface area contributed by atoms with Gasteiger partial charge < -0.3 is 14.8 Å². The minimum Gasteiger partial charge on any atom is -0.339 e. The Morgan fingerprint density at radius 3 is 2.79 bits per heavy atom. The minimum absolute atomic E-state index is 0.143. The highest BCUT2D eigenvalue weighted by Crippen LogP contribution is 2.26. The molecule has 0 unspecified atom stereocenters. The molecule has 0 aliphatic rings.